The summed E-state index contributed by atoms with van der Waals surface area (Å²) in [4.78, 5) is 12.1. The number of phenolic OH excluding ortho intramolecular Hbond substituents is 1. The number of phenols is 1. The maximum absolute atomic E-state index is 12.7. The molecule has 2 N–H and O–H groups in total. The van der Waals surface area contributed by atoms with Crippen molar-refractivity contribution in [2.24, 2.45) is 0 Å². The fourth-order valence-electron chi connectivity index (χ4n) is 1.79. The van der Waals surface area contributed by atoms with Crippen LogP contribution in [0.2, 0.25) is 5.02 Å². The second kappa shape index (κ2) is 6.37. The minimum Gasteiger partial charge on any atom is -0.504 e. The quantitative estimate of drug-likeness (QED) is 0.880. The monoisotopic (exact) mass is 344 g/mol. The molecule has 0 aliphatic heterocycles. The summed E-state index contributed by atoms with van der Waals surface area (Å²) < 4.78 is 43.0. The van der Waals surface area contributed by atoms with E-state index in [-0.39, 0.29) is 22.0 Å². The van der Waals surface area contributed by atoms with Crippen molar-refractivity contribution in [1.82, 2.24) is 0 Å². The number of rotatable bonds is 3. The fourth-order valence-corrected chi connectivity index (χ4v) is 1.95. The molecule has 0 fully saturated rings. The number of amides is 1. The molecule has 0 aliphatic rings. The molecule has 0 heterocycles. The van der Waals surface area contributed by atoms with Gasteiger partial charge in [-0.1, -0.05) is 11.6 Å². The molecule has 0 aromatic heterocycles. The van der Waals surface area contributed by atoms with Crippen LogP contribution in [0.15, 0.2) is 30.3 Å². The Balaban J connectivity index is 2.34. The van der Waals surface area contributed by atoms with E-state index in [0.717, 1.165) is 12.1 Å². The van der Waals surface area contributed by atoms with E-state index in [4.69, 9.17) is 16.3 Å². The molecule has 0 saturated carbocycles. The molecule has 0 unspecified atom stereocenters. The van der Waals surface area contributed by atoms with Gasteiger partial charge < -0.3 is 15.2 Å². The first-order valence-corrected chi connectivity index (χ1v) is 6.57. The van der Waals surface area contributed by atoms with Crippen LogP contribution in [0.5, 0.6) is 11.5 Å². The van der Waals surface area contributed by atoms with E-state index < -0.39 is 23.4 Å². The number of ether oxygens (including phenoxy) is 1. The van der Waals surface area contributed by atoms with Gasteiger partial charge in [0.1, 0.15) is 0 Å². The summed E-state index contributed by atoms with van der Waals surface area (Å²) >= 11 is 5.80. The van der Waals surface area contributed by atoms with Crippen molar-refractivity contribution in [1.29, 1.82) is 0 Å². The summed E-state index contributed by atoms with van der Waals surface area (Å²) in [6, 6.07) is 7.60. The maximum Gasteiger partial charge on any atom is 0.416 e. The van der Waals surface area contributed by atoms with Crippen LogP contribution in [0.3, 0.4) is 0 Å². The minimum atomic E-state index is -4.57. The van der Waals surface area contributed by atoms with Crippen molar-refractivity contribution in [2.75, 3.05) is 12.4 Å². The average molecular weight is 345 g/mol. The standard InChI is InChI=1S/C15H10ClF3NO3/c1-23-12-4-2-3-9(13(12)21)14(22)20-11-7-8(15(17,18)19)5-6-10(11)16/h3-7,21H,1H3,(H,20,22). The van der Waals surface area contributed by atoms with Gasteiger partial charge in [-0.15, -0.1) is 0 Å². The average Bonchev–Trinajstić information content (AvgIpc) is 2.48. The SMILES string of the molecule is COc1c[c]cc(C(=O)Nc2cc(C(F)(F)F)ccc2Cl)c1O. The molecule has 0 saturated heterocycles. The van der Waals surface area contributed by atoms with Crippen molar-refractivity contribution >= 4 is 23.2 Å². The molecule has 0 atom stereocenters. The first kappa shape index (κ1) is 17.0. The highest BCUT2D eigenvalue weighted by atomic mass is 35.5. The lowest BCUT2D eigenvalue weighted by Crippen LogP contribution is -2.14. The van der Waals surface area contributed by atoms with Crippen molar-refractivity contribution in [2.45, 2.75) is 6.18 Å². The van der Waals surface area contributed by atoms with Crippen molar-refractivity contribution < 1.29 is 27.8 Å². The third-order valence-corrected chi connectivity index (χ3v) is 3.27. The van der Waals surface area contributed by atoms with Gasteiger partial charge in [-0.3, -0.25) is 4.79 Å². The second-order valence-electron chi connectivity index (χ2n) is 4.43. The fraction of sp³-hybridized carbons (Fsp3) is 0.133. The van der Waals surface area contributed by atoms with Gasteiger partial charge in [0.2, 0.25) is 0 Å². The number of hydrogen-bond donors (Lipinski definition) is 2. The normalized spacial score (nSPS) is 11.2. The summed E-state index contributed by atoms with van der Waals surface area (Å²) in [5.41, 5.74) is -1.40. The number of methoxy groups -OCH3 is 1. The van der Waals surface area contributed by atoms with Gasteiger partial charge in [0.15, 0.2) is 11.5 Å². The Hall–Kier alpha value is -2.41. The molecule has 0 spiro atoms. The zero-order chi connectivity index (χ0) is 17.2. The zero-order valence-corrected chi connectivity index (χ0v) is 12.4. The number of aromatic hydroxyl groups is 1. The van der Waals surface area contributed by atoms with Gasteiger partial charge in [-0.05, 0) is 36.4 Å². The van der Waals surface area contributed by atoms with Gasteiger partial charge in [-0.25, -0.2) is 0 Å². The summed E-state index contributed by atoms with van der Waals surface area (Å²) in [6.45, 7) is 0. The molecule has 1 amide bonds. The highest BCUT2D eigenvalue weighted by Crippen LogP contribution is 2.35. The summed E-state index contributed by atoms with van der Waals surface area (Å²) in [7, 11) is 1.29. The van der Waals surface area contributed by atoms with Crippen LogP contribution in [-0.2, 0) is 6.18 Å². The lowest BCUT2D eigenvalue weighted by atomic mass is 10.1. The number of halogens is 4. The van der Waals surface area contributed by atoms with Crippen LogP contribution in [0.25, 0.3) is 0 Å². The second-order valence-corrected chi connectivity index (χ2v) is 4.84. The Bertz CT molecular complexity index is 747. The van der Waals surface area contributed by atoms with E-state index in [2.05, 4.69) is 11.4 Å². The van der Waals surface area contributed by atoms with Crippen molar-refractivity contribution in [3.8, 4) is 11.5 Å². The van der Waals surface area contributed by atoms with Gasteiger partial charge >= 0.3 is 6.18 Å². The molecule has 0 aliphatic carbocycles. The van der Waals surface area contributed by atoms with E-state index in [1.165, 1.54) is 19.2 Å². The van der Waals surface area contributed by atoms with Gasteiger partial charge in [0.25, 0.3) is 5.91 Å². The number of anilines is 1. The summed E-state index contributed by atoms with van der Waals surface area (Å²) in [5.74, 6) is -1.29. The Morgan fingerprint density at radius 3 is 2.65 bits per heavy atom. The number of carbonyl (C=O) groups excluding carboxylic acids is 1. The molecule has 8 heteroatoms. The molecule has 1 radical (unpaired) electrons. The first-order valence-electron chi connectivity index (χ1n) is 6.19. The number of nitrogens with one attached hydrogen (secondary N) is 1. The highest BCUT2D eigenvalue weighted by molar-refractivity contribution is 6.34. The van der Waals surface area contributed by atoms with Crippen molar-refractivity contribution in [3.05, 3.63) is 52.5 Å². The van der Waals surface area contributed by atoms with Crippen LogP contribution in [0, 0.1) is 6.07 Å². The van der Waals surface area contributed by atoms with Crippen LogP contribution < -0.4 is 10.1 Å². The predicted octanol–water partition coefficient (Wildman–Crippen LogP) is 4.13. The first-order chi connectivity index (χ1) is 10.7. The molecule has 23 heavy (non-hydrogen) atoms. The van der Waals surface area contributed by atoms with E-state index in [9.17, 15) is 23.1 Å². The maximum atomic E-state index is 12.7. The molecule has 2 rings (SSSR count). The van der Waals surface area contributed by atoms with Crippen LogP contribution in [0.1, 0.15) is 15.9 Å². The van der Waals surface area contributed by atoms with Crippen LogP contribution in [-0.4, -0.2) is 18.1 Å². The number of benzene rings is 2. The number of alkyl halides is 3. The molecular weight excluding hydrogens is 335 g/mol. The highest BCUT2D eigenvalue weighted by Gasteiger charge is 2.31. The smallest absolute Gasteiger partial charge is 0.416 e. The molecule has 2 aromatic carbocycles. The Kier molecular flexibility index (Phi) is 4.70. The largest absolute Gasteiger partial charge is 0.504 e. The Labute approximate surface area is 134 Å². The summed E-state index contributed by atoms with van der Waals surface area (Å²) in [5, 5.41) is 12.0. The number of carbonyl (C=O) groups is 1. The molecule has 121 valence electrons. The lowest BCUT2D eigenvalue weighted by molar-refractivity contribution is -0.137. The van der Waals surface area contributed by atoms with Gasteiger partial charge in [0, 0.05) is 0 Å². The Morgan fingerprint density at radius 1 is 1.35 bits per heavy atom. The molecule has 2 aromatic rings. The number of hydrogen-bond acceptors (Lipinski definition) is 3. The molecule has 0 bridgehead atoms. The van der Waals surface area contributed by atoms with Gasteiger partial charge in [0.05, 0.1) is 28.9 Å². The van der Waals surface area contributed by atoms with E-state index in [1.807, 2.05) is 0 Å². The predicted molar refractivity (Wildman–Crippen MR) is 77.9 cm³/mol. The third-order valence-electron chi connectivity index (χ3n) is 2.94. The zero-order valence-electron chi connectivity index (χ0n) is 11.7. The minimum absolute atomic E-state index is 0.00721. The summed E-state index contributed by atoms with van der Waals surface area (Å²) in [6.07, 6.45) is -4.57. The molecular formula is C15H10ClF3NO3. The lowest BCUT2D eigenvalue weighted by Gasteiger charge is -2.13. The van der Waals surface area contributed by atoms with Gasteiger partial charge in [-0.2, -0.15) is 13.2 Å². The molecule has 4 nitrogen and oxygen atoms in total. The van der Waals surface area contributed by atoms with Crippen molar-refractivity contribution in [3.63, 3.8) is 0 Å². The third kappa shape index (κ3) is 3.68. The van der Waals surface area contributed by atoms with Crippen LogP contribution in [0.4, 0.5) is 18.9 Å². The van der Waals surface area contributed by atoms with E-state index in [1.54, 1.807) is 0 Å². The van der Waals surface area contributed by atoms with Crippen LogP contribution >= 0.6 is 11.6 Å². The topological polar surface area (TPSA) is 58.6 Å². The van der Waals surface area contributed by atoms with E-state index >= 15 is 0 Å². The van der Waals surface area contributed by atoms with E-state index in [0.29, 0.717) is 6.07 Å². The Morgan fingerprint density at radius 2 is 2.04 bits per heavy atom.